The smallest absolute Gasteiger partial charge is 0.244 e. The zero-order valence-electron chi connectivity index (χ0n) is 14.2. The lowest BCUT2D eigenvalue weighted by Gasteiger charge is -2.32. The molecule has 25 heavy (non-hydrogen) atoms. The number of ether oxygens (including phenoxy) is 1. The number of hydrazine groups is 1. The summed E-state index contributed by atoms with van der Waals surface area (Å²) in [5.41, 5.74) is 5.69. The molecule has 1 amide bonds. The fraction of sp³-hybridized carbons (Fsp3) is 0.500. The van der Waals surface area contributed by atoms with Gasteiger partial charge in [0.15, 0.2) is 5.11 Å². The lowest BCUT2D eigenvalue weighted by Crippen LogP contribution is -3.15. The maximum atomic E-state index is 13.1. The van der Waals surface area contributed by atoms with Gasteiger partial charge in [0.25, 0.3) is 0 Å². The molecule has 0 radical (unpaired) electrons. The molecule has 1 saturated heterocycles. The van der Waals surface area contributed by atoms with Crippen molar-refractivity contribution >= 4 is 40.5 Å². The van der Waals surface area contributed by atoms with E-state index in [-0.39, 0.29) is 28.3 Å². The van der Waals surface area contributed by atoms with Crippen LogP contribution < -0.4 is 21.1 Å². The molecule has 6 nitrogen and oxygen atoms in total. The Bertz CT molecular complexity index is 624. The minimum atomic E-state index is -0.506. The Morgan fingerprint density at radius 1 is 1.36 bits per heavy atom. The van der Waals surface area contributed by atoms with Crippen LogP contribution in [0.25, 0.3) is 0 Å². The quantitative estimate of drug-likeness (QED) is 0.455. The third-order valence-corrected chi connectivity index (χ3v) is 4.31. The van der Waals surface area contributed by atoms with Crippen LogP contribution in [0.2, 0.25) is 5.02 Å². The standard InChI is InChI=1S/C16H22ClFN4O2S/c1-10-8-22(9-11(2)24-10)6-5-15(23)20-21-16(25)19-12-3-4-14(18)13(17)7-12/h3-4,7,10-11H,5-6,8-9H2,1-2H3,(H,20,23)(H2,19,21,25)/p+1/t10-,11+. The second kappa shape index (κ2) is 9.28. The van der Waals surface area contributed by atoms with Crippen molar-refractivity contribution < 1.29 is 18.8 Å². The number of quaternary nitrogens is 1. The molecule has 1 fully saturated rings. The van der Waals surface area contributed by atoms with Gasteiger partial charge in [-0.05, 0) is 44.3 Å². The monoisotopic (exact) mass is 389 g/mol. The van der Waals surface area contributed by atoms with E-state index in [9.17, 15) is 9.18 Å². The van der Waals surface area contributed by atoms with Gasteiger partial charge in [0.2, 0.25) is 5.91 Å². The molecule has 0 bridgehead atoms. The van der Waals surface area contributed by atoms with Crippen molar-refractivity contribution in [3.05, 3.63) is 29.0 Å². The molecule has 3 atom stereocenters. The van der Waals surface area contributed by atoms with E-state index >= 15 is 0 Å². The highest BCUT2D eigenvalue weighted by atomic mass is 35.5. The van der Waals surface area contributed by atoms with Crippen LogP contribution in [0.3, 0.4) is 0 Å². The normalized spacial score (nSPS) is 23.0. The van der Waals surface area contributed by atoms with E-state index in [0.29, 0.717) is 12.1 Å². The maximum absolute atomic E-state index is 13.1. The number of morpholine rings is 1. The van der Waals surface area contributed by atoms with Crippen LogP contribution in [0, 0.1) is 5.82 Å². The van der Waals surface area contributed by atoms with Crippen molar-refractivity contribution in [3.8, 4) is 0 Å². The average molecular weight is 390 g/mol. The van der Waals surface area contributed by atoms with Crippen molar-refractivity contribution in [2.45, 2.75) is 32.5 Å². The van der Waals surface area contributed by atoms with Gasteiger partial charge in [0, 0.05) is 5.69 Å². The second-order valence-electron chi connectivity index (χ2n) is 6.17. The third kappa shape index (κ3) is 6.74. The number of carbonyl (C=O) groups is 1. The number of rotatable bonds is 4. The Morgan fingerprint density at radius 2 is 2.04 bits per heavy atom. The zero-order valence-corrected chi connectivity index (χ0v) is 15.8. The second-order valence-corrected chi connectivity index (χ2v) is 6.99. The number of hydrogen-bond donors (Lipinski definition) is 4. The SMILES string of the molecule is C[C@@H]1C[NH+](CCC(=O)NNC(=S)Nc2ccc(F)c(Cl)c2)C[C@H](C)O1. The van der Waals surface area contributed by atoms with E-state index in [1.165, 1.54) is 23.1 Å². The fourth-order valence-corrected chi connectivity index (χ4v) is 3.16. The lowest BCUT2D eigenvalue weighted by molar-refractivity contribution is -0.914. The highest BCUT2D eigenvalue weighted by molar-refractivity contribution is 7.80. The summed E-state index contributed by atoms with van der Waals surface area (Å²) >= 11 is 10.8. The highest BCUT2D eigenvalue weighted by Crippen LogP contribution is 2.19. The number of hydrogen-bond acceptors (Lipinski definition) is 3. The Labute approximate surface area is 157 Å². The van der Waals surface area contributed by atoms with E-state index < -0.39 is 5.82 Å². The summed E-state index contributed by atoms with van der Waals surface area (Å²) < 4.78 is 18.8. The van der Waals surface area contributed by atoms with E-state index in [2.05, 4.69) is 16.2 Å². The van der Waals surface area contributed by atoms with E-state index in [0.717, 1.165) is 19.6 Å². The summed E-state index contributed by atoms with van der Waals surface area (Å²) in [4.78, 5) is 13.3. The predicted molar refractivity (Wildman–Crippen MR) is 99.1 cm³/mol. The molecular weight excluding hydrogens is 367 g/mol. The number of anilines is 1. The van der Waals surface area contributed by atoms with Gasteiger partial charge in [-0.25, -0.2) is 4.39 Å². The molecule has 0 saturated carbocycles. The predicted octanol–water partition coefficient (Wildman–Crippen LogP) is 0.879. The molecule has 4 N–H and O–H groups in total. The van der Waals surface area contributed by atoms with Crippen LogP contribution in [0.1, 0.15) is 20.3 Å². The summed E-state index contributed by atoms with van der Waals surface area (Å²) in [6, 6.07) is 4.15. The summed E-state index contributed by atoms with van der Waals surface area (Å²) in [7, 11) is 0. The van der Waals surface area contributed by atoms with Crippen molar-refractivity contribution in [1.29, 1.82) is 0 Å². The average Bonchev–Trinajstić information content (AvgIpc) is 2.53. The Balaban J connectivity index is 1.68. The van der Waals surface area contributed by atoms with Crippen molar-refractivity contribution in [3.63, 3.8) is 0 Å². The van der Waals surface area contributed by atoms with E-state index in [4.69, 9.17) is 28.6 Å². The summed E-state index contributed by atoms with van der Waals surface area (Å²) in [5, 5.41) is 3.00. The number of carbonyl (C=O) groups excluding carboxylic acids is 1. The molecule has 9 heteroatoms. The lowest BCUT2D eigenvalue weighted by atomic mass is 10.2. The minimum absolute atomic E-state index is 0.00576. The molecule has 1 aliphatic heterocycles. The van der Waals surface area contributed by atoms with Gasteiger partial charge in [0.1, 0.15) is 31.1 Å². The van der Waals surface area contributed by atoms with Crippen LogP contribution in [-0.4, -0.2) is 42.9 Å². The maximum Gasteiger partial charge on any atom is 0.244 e. The van der Waals surface area contributed by atoms with Crippen LogP contribution in [0.5, 0.6) is 0 Å². The van der Waals surface area contributed by atoms with Gasteiger partial charge in [-0.3, -0.25) is 15.6 Å². The van der Waals surface area contributed by atoms with Crippen molar-refractivity contribution in [2.24, 2.45) is 0 Å². The molecule has 1 aliphatic rings. The van der Waals surface area contributed by atoms with Crippen LogP contribution >= 0.6 is 23.8 Å². The first-order chi connectivity index (χ1) is 11.8. The summed E-state index contributed by atoms with van der Waals surface area (Å²) in [6.45, 7) is 6.62. The zero-order chi connectivity index (χ0) is 18.4. The number of thiocarbonyl (C=S) groups is 1. The molecule has 1 aromatic carbocycles. The number of amides is 1. The Hall–Kier alpha value is -1.48. The largest absolute Gasteiger partial charge is 0.364 e. The van der Waals surface area contributed by atoms with E-state index in [1.54, 1.807) is 0 Å². The van der Waals surface area contributed by atoms with Gasteiger partial charge in [-0.2, -0.15) is 0 Å². The van der Waals surface area contributed by atoms with Gasteiger partial charge < -0.3 is 15.0 Å². The van der Waals surface area contributed by atoms with Gasteiger partial charge in [0.05, 0.1) is 18.0 Å². The van der Waals surface area contributed by atoms with Gasteiger partial charge >= 0.3 is 0 Å². The third-order valence-electron chi connectivity index (χ3n) is 3.82. The molecule has 0 spiro atoms. The van der Waals surface area contributed by atoms with Crippen LogP contribution in [0.15, 0.2) is 18.2 Å². The topological polar surface area (TPSA) is 66.8 Å². The van der Waals surface area contributed by atoms with Crippen LogP contribution in [0.4, 0.5) is 10.1 Å². The van der Waals surface area contributed by atoms with E-state index in [1.807, 2.05) is 13.8 Å². The summed E-state index contributed by atoms with van der Waals surface area (Å²) in [5.74, 6) is -0.658. The molecule has 1 heterocycles. The molecule has 1 unspecified atom stereocenters. The van der Waals surface area contributed by atoms with Crippen molar-refractivity contribution in [2.75, 3.05) is 25.0 Å². The molecule has 1 aromatic rings. The van der Waals surface area contributed by atoms with Crippen molar-refractivity contribution in [1.82, 2.24) is 10.9 Å². The fourth-order valence-electron chi connectivity index (χ4n) is 2.81. The first-order valence-corrected chi connectivity index (χ1v) is 8.92. The number of benzene rings is 1. The summed E-state index contributed by atoms with van der Waals surface area (Å²) in [6.07, 6.45) is 0.797. The van der Waals surface area contributed by atoms with Crippen LogP contribution in [-0.2, 0) is 9.53 Å². The minimum Gasteiger partial charge on any atom is -0.364 e. The first-order valence-electron chi connectivity index (χ1n) is 8.13. The first kappa shape index (κ1) is 19.8. The van der Waals surface area contributed by atoms with Gasteiger partial charge in [-0.1, -0.05) is 11.6 Å². The van der Waals surface area contributed by atoms with Gasteiger partial charge in [-0.15, -0.1) is 0 Å². The highest BCUT2D eigenvalue weighted by Gasteiger charge is 2.25. The molecule has 0 aliphatic carbocycles. The molecule has 0 aromatic heterocycles. The molecule has 138 valence electrons. The molecular formula is C16H23ClFN4O2S+. The number of halogens is 2. The number of nitrogens with one attached hydrogen (secondary N) is 4. The Morgan fingerprint density at radius 3 is 2.68 bits per heavy atom. The molecule has 2 rings (SSSR count). The Kier molecular flexibility index (Phi) is 7.37.